The van der Waals surface area contributed by atoms with Crippen LogP contribution in [-0.4, -0.2) is 38.3 Å². The van der Waals surface area contributed by atoms with E-state index in [1.54, 1.807) is 30.7 Å². The molecule has 0 radical (unpaired) electrons. The van der Waals surface area contributed by atoms with Crippen LogP contribution in [0.2, 0.25) is 0 Å². The van der Waals surface area contributed by atoms with Gasteiger partial charge in [0.25, 0.3) is 0 Å². The Hall–Kier alpha value is -3.58. The molecule has 0 saturated heterocycles. The van der Waals surface area contributed by atoms with Gasteiger partial charge in [-0.05, 0) is 42.3 Å². The minimum atomic E-state index is -0.319. The second-order valence-corrected chi connectivity index (χ2v) is 6.81. The summed E-state index contributed by atoms with van der Waals surface area (Å²) in [6, 6.07) is 17.8. The topological polar surface area (TPSA) is 73.1 Å². The third-order valence-electron chi connectivity index (χ3n) is 4.89. The fraction of sp³-hybridized carbons (Fsp3) is 0.174. The quantitative estimate of drug-likeness (QED) is 0.505. The zero-order valence-corrected chi connectivity index (χ0v) is 16.4. The van der Waals surface area contributed by atoms with Crippen molar-refractivity contribution in [3.05, 3.63) is 84.6 Å². The van der Waals surface area contributed by atoms with Crippen molar-refractivity contribution < 1.29 is 14.2 Å². The summed E-state index contributed by atoms with van der Waals surface area (Å²) in [5.74, 6) is -0.319. The van der Waals surface area contributed by atoms with Gasteiger partial charge in [0.1, 0.15) is 5.82 Å². The third-order valence-corrected chi connectivity index (χ3v) is 4.89. The molecule has 0 aliphatic carbocycles. The molecule has 4 aromatic rings. The maximum absolute atomic E-state index is 13.5. The molecule has 1 N–H and O–H groups in total. The number of aliphatic hydroxyl groups is 1. The van der Waals surface area contributed by atoms with Crippen LogP contribution in [0.15, 0.2) is 73.2 Å². The van der Waals surface area contributed by atoms with Gasteiger partial charge in [-0.1, -0.05) is 30.3 Å². The summed E-state index contributed by atoms with van der Waals surface area (Å²) in [6.07, 6.45) is 3.91. The highest BCUT2D eigenvalue weighted by molar-refractivity contribution is 5.77. The van der Waals surface area contributed by atoms with Crippen LogP contribution in [0.4, 0.5) is 4.39 Å². The van der Waals surface area contributed by atoms with Crippen LogP contribution in [0.5, 0.6) is 6.01 Å². The first-order chi connectivity index (χ1) is 14.7. The molecule has 2 aromatic carbocycles. The molecular formula is C23H21FN4O2. The molecule has 0 fully saturated rings. The lowest BCUT2D eigenvalue weighted by molar-refractivity contribution is 0.228. The van der Waals surface area contributed by atoms with E-state index in [0.717, 1.165) is 11.1 Å². The molecule has 7 heteroatoms. The van der Waals surface area contributed by atoms with E-state index in [1.807, 2.05) is 34.9 Å². The van der Waals surface area contributed by atoms with Gasteiger partial charge in [0.2, 0.25) is 0 Å². The van der Waals surface area contributed by atoms with E-state index in [9.17, 15) is 9.50 Å². The molecule has 30 heavy (non-hydrogen) atoms. The van der Waals surface area contributed by atoms with E-state index < -0.39 is 0 Å². The lowest BCUT2D eigenvalue weighted by Crippen LogP contribution is -2.17. The normalized spacial score (nSPS) is 12.0. The molecule has 4 rings (SSSR count). The van der Waals surface area contributed by atoms with E-state index in [0.29, 0.717) is 23.5 Å². The van der Waals surface area contributed by atoms with Crippen molar-refractivity contribution in [2.45, 2.75) is 12.5 Å². The largest absolute Gasteiger partial charge is 0.467 e. The Kier molecular flexibility index (Phi) is 5.81. The van der Waals surface area contributed by atoms with Crippen molar-refractivity contribution in [1.29, 1.82) is 0 Å². The molecule has 0 spiro atoms. The lowest BCUT2D eigenvalue weighted by Gasteiger charge is -2.19. The molecule has 1 atom stereocenters. The number of methoxy groups -OCH3 is 1. The Bertz CT molecular complexity index is 1110. The van der Waals surface area contributed by atoms with Gasteiger partial charge in [0, 0.05) is 11.8 Å². The Balaban J connectivity index is 1.84. The molecule has 0 bridgehead atoms. The summed E-state index contributed by atoms with van der Waals surface area (Å²) in [6.45, 7) is -0.0800. The van der Waals surface area contributed by atoms with Crippen LogP contribution < -0.4 is 4.74 Å². The van der Waals surface area contributed by atoms with Gasteiger partial charge in [-0.3, -0.25) is 0 Å². The average Bonchev–Trinajstić information content (AvgIpc) is 3.23. The summed E-state index contributed by atoms with van der Waals surface area (Å²) < 4.78 is 20.6. The average molecular weight is 404 g/mol. The molecule has 0 saturated carbocycles. The summed E-state index contributed by atoms with van der Waals surface area (Å²) in [5, 5.41) is 10.2. The number of benzene rings is 2. The van der Waals surface area contributed by atoms with Crippen LogP contribution in [0.3, 0.4) is 0 Å². The number of rotatable bonds is 7. The van der Waals surface area contributed by atoms with Crippen molar-refractivity contribution in [2.24, 2.45) is 0 Å². The van der Waals surface area contributed by atoms with Crippen LogP contribution in [0.1, 0.15) is 11.6 Å². The third kappa shape index (κ3) is 4.06. The highest BCUT2D eigenvalue weighted by Crippen LogP contribution is 2.33. The first kappa shape index (κ1) is 19.7. The van der Waals surface area contributed by atoms with E-state index in [1.165, 1.54) is 19.2 Å². The smallest absolute Gasteiger partial charge is 0.316 e. The molecule has 6 nitrogen and oxygen atoms in total. The highest BCUT2D eigenvalue weighted by atomic mass is 19.1. The van der Waals surface area contributed by atoms with Crippen LogP contribution >= 0.6 is 0 Å². The van der Waals surface area contributed by atoms with Gasteiger partial charge in [0.05, 0.1) is 43.2 Å². The van der Waals surface area contributed by atoms with Crippen LogP contribution in [-0.2, 0) is 6.42 Å². The predicted octanol–water partition coefficient (Wildman–Crippen LogP) is 3.93. The number of imidazole rings is 1. The highest BCUT2D eigenvalue weighted by Gasteiger charge is 2.22. The van der Waals surface area contributed by atoms with Gasteiger partial charge in [-0.25, -0.2) is 14.4 Å². The van der Waals surface area contributed by atoms with Gasteiger partial charge in [-0.15, -0.1) is 0 Å². The van der Waals surface area contributed by atoms with Gasteiger partial charge < -0.3 is 14.4 Å². The van der Waals surface area contributed by atoms with Gasteiger partial charge in [0.15, 0.2) is 0 Å². The molecule has 152 valence electrons. The van der Waals surface area contributed by atoms with Gasteiger partial charge >= 0.3 is 6.01 Å². The fourth-order valence-corrected chi connectivity index (χ4v) is 3.42. The number of aromatic nitrogens is 4. The number of ether oxygens (including phenoxy) is 1. The van der Waals surface area contributed by atoms with E-state index >= 15 is 0 Å². The van der Waals surface area contributed by atoms with Crippen LogP contribution in [0, 0.1) is 5.82 Å². The van der Waals surface area contributed by atoms with Crippen molar-refractivity contribution >= 4 is 0 Å². The molecule has 2 heterocycles. The fourth-order valence-electron chi connectivity index (χ4n) is 3.42. The Morgan fingerprint density at radius 2 is 1.80 bits per heavy atom. The standard InChI is InChI=1S/C23H21FN4O2/c1-30-23-25-12-11-20(27-23)22-21(17-7-9-18(24)10-8-17)26-15-28(22)19(14-29)13-16-5-3-2-4-6-16/h2-12,15,19,29H,13-14H2,1H3/t19-/m1/s1. The minimum Gasteiger partial charge on any atom is -0.467 e. The number of nitrogens with zero attached hydrogens (tertiary/aromatic N) is 4. The Morgan fingerprint density at radius 1 is 1.03 bits per heavy atom. The minimum absolute atomic E-state index is 0.0800. The van der Waals surface area contributed by atoms with Crippen molar-refractivity contribution in [3.63, 3.8) is 0 Å². The van der Waals surface area contributed by atoms with Crippen molar-refractivity contribution in [1.82, 2.24) is 19.5 Å². The van der Waals surface area contributed by atoms with Crippen molar-refractivity contribution in [2.75, 3.05) is 13.7 Å². The summed E-state index contributed by atoms with van der Waals surface area (Å²) in [5.41, 5.74) is 3.80. The first-order valence-corrected chi connectivity index (χ1v) is 9.54. The predicted molar refractivity (Wildman–Crippen MR) is 111 cm³/mol. The molecular weight excluding hydrogens is 383 g/mol. The Morgan fingerprint density at radius 3 is 2.50 bits per heavy atom. The number of aliphatic hydroxyl groups excluding tert-OH is 1. The number of hydrogen-bond acceptors (Lipinski definition) is 5. The molecule has 2 aromatic heterocycles. The van der Waals surface area contributed by atoms with E-state index in [2.05, 4.69) is 15.0 Å². The molecule has 0 aliphatic heterocycles. The maximum atomic E-state index is 13.5. The van der Waals surface area contributed by atoms with Gasteiger partial charge in [-0.2, -0.15) is 4.98 Å². The Labute approximate surface area is 173 Å². The zero-order valence-electron chi connectivity index (χ0n) is 16.4. The monoisotopic (exact) mass is 404 g/mol. The second kappa shape index (κ2) is 8.84. The summed E-state index contributed by atoms with van der Waals surface area (Å²) in [4.78, 5) is 13.1. The number of halogens is 1. The SMILES string of the molecule is COc1nccc(-c2c(-c3ccc(F)cc3)ncn2[C@@H](CO)Cc2ccccc2)n1. The molecule has 0 amide bonds. The molecule has 0 unspecified atom stereocenters. The van der Waals surface area contributed by atoms with E-state index in [-0.39, 0.29) is 24.5 Å². The zero-order chi connectivity index (χ0) is 20.9. The van der Waals surface area contributed by atoms with Crippen molar-refractivity contribution in [3.8, 4) is 28.7 Å². The first-order valence-electron chi connectivity index (χ1n) is 9.54. The number of hydrogen-bond donors (Lipinski definition) is 1. The second-order valence-electron chi connectivity index (χ2n) is 6.81. The van der Waals surface area contributed by atoms with E-state index in [4.69, 9.17) is 4.74 Å². The van der Waals surface area contributed by atoms with Crippen LogP contribution in [0.25, 0.3) is 22.6 Å². The molecule has 0 aliphatic rings. The summed E-state index contributed by atoms with van der Waals surface area (Å²) in [7, 11) is 1.50. The maximum Gasteiger partial charge on any atom is 0.316 e. The lowest BCUT2D eigenvalue weighted by atomic mass is 10.0. The summed E-state index contributed by atoms with van der Waals surface area (Å²) >= 11 is 0.